The fourth-order valence-electron chi connectivity index (χ4n) is 4.04. The van der Waals surface area contributed by atoms with Crippen molar-refractivity contribution in [3.63, 3.8) is 0 Å². The van der Waals surface area contributed by atoms with E-state index in [0.29, 0.717) is 24.4 Å². The average molecular weight is 430 g/mol. The van der Waals surface area contributed by atoms with Crippen LogP contribution in [0.25, 0.3) is 0 Å². The van der Waals surface area contributed by atoms with E-state index in [-0.39, 0.29) is 5.91 Å². The molecule has 0 bridgehead atoms. The minimum absolute atomic E-state index is 0.120. The molecular weight excluding hydrogens is 402 g/mol. The number of nitrogens with zero attached hydrogens (tertiary/aromatic N) is 1. The molecule has 1 unspecified atom stereocenters. The molecule has 1 aliphatic heterocycles. The number of para-hydroxylation sites is 1. The summed E-state index contributed by atoms with van der Waals surface area (Å²) >= 11 is 0. The predicted molar refractivity (Wildman–Crippen MR) is 126 cm³/mol. The SMILES string of the molecule is COc1ccc(C)cc1NC(=O)NC(Cc1ccccc1)C(=O)N1CCc2ccccc21. The first-order valence-electron chi connectivity index (χ1n) is 10.7. The van der Waals surface area contributed by atoms with Gasteiger partial charge >= 0.3 is 6.03 Å². The second-order valence-corrected chi connectivity index (χ2v) is 7.91. The zero-order valence-corrected chi connectivity index (χ0v) is 18.3. The molecule has 3 aromatic rings. The van der Waals surface area contributed by atoms with Crippen LogP contribution in [0.4, 0.5) is 16.2 Å². The van der Waals surface area contributed by atoms with Gasteiger partial charge in [0.2, 0.25) is 5.91 Å². The summed E-state index contributed by atoms with van der Waals surface area (Å²) in [4.78, 5) is 28.2. The minimum atomic E-state index is -0.709. The summed E-state index contributed by atoms with van der Waals surface area (Å²) in [5, 5.41) is 5.73. The number of carbonyl (C=O) groups is 2. The molecule has 3 amide bonds. The lowest BCUT2D eigenvalue weighted by Gasteiger charge is -2.25. The van der Waals surface area contributed by atoms with E-state index in [2.05, 4.69) is 10.6 Å². The van der Waals surface area contributed by atoms with Gasteiger partial charge in [-0.15, -0.1) is 0 Å². The van der Waals surface area contributed by atoms with E-state index < -0.39 is 12.1 Å². The second kappa shape index (κ2) is 9.56. The lowest BCUT2D eigenvalue weighted by molar-refractivity contribution is -0.120. The van der Waals surface area contributed by atoms with Gasteiger partial charge in [-0.3, -0.25) is 4.79 Å². The van der Waals surface area contributed by atoms with Gasteiger partial charge in [-0.2, -0.15) is 0 Å². The fourth-order valence-corrected chi connectivity index (χ4v) is 4.04. The van der Waals surface area contributed by atoms with E-state index in [0.717, 1.165) is 28.8 Å². The van der Waals surface area contributed by atoms with Crippen molar-refractivity contribution < 1.29 is 14.3 Å². The highest BCUT2D eigenvalue weighted by Crippen LogP contribution is 2.29. The van der Waals surface area contributed by atoms with Crippen LogP contribution in [0.3, 0.4) is 0 Å². The van der Waals surface area contributed by atoms with E-state index in [4.69, 9.17) is 4.74 Å². The summed E-state index contributed by atoms with van der Waals surface area (Å²) in [6, 6.07) is 22.0. The van der Waals surface area contributed by atoms with Gasteiger partial charge in [0.15, 0.2) is 0 Å². The summed E-state index contributed by atoms with van der Waals surface area (Å²) < 4.78 is 5.35. The molecular formula is C26H27N3O3. The number of nitrogens with one attached hydrogen (secondary N) is 2. The van der Waals surface area contributed by atoms with Gasteiger partial charge < -0.3 is 20.3 Å². The van der Waals surface area contributed by atoms with Crippen molar-refractivity contribution in [1.29, 1.82) is 0 Å². The number of carbonyl (C=O) groups excluding carboxylic acids is 2. The number of urea groups is 1. The number of benzene rings is 3. The Balaban J connectivity index is 1.55. The third-order valence-corrected chi connectivity index (χ3v) is 5.64. The molecule has 0 saturated heterocycles. The number of methoxy groups -OCH3 is 1. The Morgan fingerprint density at radius 1 is 1.03 bits per heavy atom. The van der Waals surface area contributed by atoms with E-state index in [9.17, 15) is 9.59 Å². The molecule has 32 heavy (non-hydrogen) atoms. The van der Waals surface area contributed by atoms with Gasteiger partial charge in [-0.25, -0.2) is 4.79 Å². The van der Waals surface area contributed by atoms with Gasteiger partial charge in [0.1, 0.15) is 11.8 Å². The molecule has 0 fully saturated rings. The van der Waals surface area contributed by atoms with Crippen molar-refractivity contribution in [1.82, 2.24) is 5.32 Å². The topological polar surface area (TPSA) is 70.7 Å². The molecule has 0 radical (unpaired) electrons. The molecule has 6 nitrogen and oxygen atoms in total. The zero-order chi connectivity index (χ0) is 22.5. The lowest BCUT2D eigenvalue weighted by Crippen LogP contribution is -2.50. The molecule has 2 N–H and O–H groups in total. The molecule has 0 aromatic heterocycles. The van der Waals surface area contributed by atoms with Crippen LogP contribution in [0.15, 0.2) is 72.8 Å². The van der Waals surface area contributed by atoms with Crippen molar-refractivity contribution in [3.8, 4) is 5.75 Å². The van der Waals surface area contributed by atoms with E-state index in [1.807, 2.05) is 73.7 Å². The maximum absolute atomic E-state index is 13.5. The normalized spacial score (nSPS) is 13.2. The number of aryl methyl sites for hydroxylation is 1. The van der Waals surface area contributed by atoms with E-state index >= 15 is 0 Å². The Bertz CT molecular complexity index is 1110. The Morgan fingerprint density at radius 3 is 2.56 bits per heavy atom. The average Bonchev–Trinajstić information content (AvgIpc) is 3.23. The van der Waals surface area contributed by atoms with Crippen LogP contribution in [0.2, 0.25) is 0 Å². The number of hydrogen-bond donors (Lipinski definition) is 2. The highest BCUT2D eigenvalue weighted by molar-refractivity contribution is 6.02. The smallest absolute Gasteiger partial charge is 0.320 e. The molecule has 0 saturated carbocycles. The first-order valence-corrected chi connectivity index (χ1v) is 10.7. The summed E-state index contributed by atoms with van der Waals surface area (Å²) in [6.07, 6.45) is 1.21. The van der Waals surface area contributed by atoms with Gasteiger partial charge in [0.25, 0.3) is 0 Å². The predicted octanol–water partition coefficient (Wildman–Crippen LogP) is 4.33. The van der Waals surface area contributed by atoms with Crippen LogP contribution >= 0.6 is 0 Å². The van der Waals surface area contributed by atoms with Gasteiger partial charge in [-0.1, -0.05) is 54.6 Å². The summed E-state index contributed by atoms with van der Waals surface area (Å²) in [6.45, 7) is 2.55. The maximum atomic E-state index is 13.5. The van der Waals surface area contributed by atoms with Crippen molar-refractivity contribution in [3.05, 3.63) is 89.5 Å². The molecule has 0 spiro atoms. The van der Waals surface area contributed by atoms with Gasteiger partial charge in [-0.05, 0) is 48.2 Å². The number of amides is 3. The van der Waals surface area contributed by atoms with Crippen LogP contribution < -0.4 is 20.3 Å². The Hall–Kier alpha value is -3.80. The highest BCUT2D eigenvalue weighted by Gasteiger charge is 2.31. The van der Waals surface area contributed by atoms with Crippen LogP contribution in [0, 0.1) is 6.92 Å². The van der Waals surface area contributed by atoms with Gasteiger partial charge in [0.05, 0.1) is 12.8 Å². The van der Waals surface area contributed by atoms with Gasteiger partial charge in [0, 0.05) is 18.7 Å². The molecule has 3 aromatic carbocycles. The quantitative estimate of drug-likeness (QED) is 0.613. The molecule has 164 valence electrons. The maximum Gasteiger partial charge on any atom is 0.320 e. The largest absolute Gasteiger partial charge is 0.495 e. The summed E-state index contributed by atoms with van der Waals surface area (Å²) in [7, 11) is 1.56. The molecule has 1 heterocycles. The van der Waals surface area contributed by atoms with Crippen LogP contribution in [0.5, 0.6) is 5.75 Å². The first-order chi connectivity index (χ1) is 15.5. The van der Waals surface area contributed by atoms with Crippen molar-refractivity contribution in [2.75, 3.05) is 23.9 Å². The van der Waals surface area contributed by atoms with E-state index in [1.165, 1.54) is 0 Å². The van der Waals surface area contributed by atoms with E-state index in [1.54, 1.807) is 18.1 Å². The Morgan fingerprint density at radius 2 is 1.78 bits per heavy atom. The molecule has 6 heteroatoms. The number of anilines is 2. The lowest BCUT2D eigenvalue weighted by atomic mass is 10.0. The molecule has 4 rings (SSSR count). The molecule has 0 aliphatic carbocycles. The van der Waals surface area contributed by atoms with Crippen molar-refractivity contribution in [2.45, 2.75) is 25.8 Å². The third kappa shape index (κ3) is 4.75. The second-order valence-electron chi connectivity index (χ2n) is 7.91. The number of fused-ring (bicyclic) bond motifs is 1. The zero-order valence-electron chi connectivity index (χ0n) is 18.3. The van der Waals surface area contributed by atoms with Crippen LogP contribution in [-0.2, 0) is 17.6 Å². The monoisotopic (exact) mass is 429 g/mol. The van der Waals surface area contributed by atoms with Crippen LogP contribution in [-0.4, -0.2) is 31.6 Å². The third-order valence-electron chi connectivity index (χ3n) is 5.64. The summed E-state index contributed by atoms with van der Waals surface area (Å²) in [5.74, 6) is 0.440. The molecule has 1 atom stereocenters. The summed E-state index contributed by atoms with van der Waals surface area (Å²) in [5.41, 5.74) is 4.59. The van der Waals surface area contributed by atoms with Crippen molar-refractivity contribution >= 4 is 23.3 Å². The van der Waals surface area contributed by atoms with Crippen LogP contribution in [0.1, 0.15) is 16.7 Å². The first kappa shape index (κ1) is 21.4. The van der Waals surface area contributed by atoms with Crippen molar-refractivity contribution in [2.24, 2.45) is 0 Å². The standard InChI is InChI=1S/C26H27N3O3/c1-18-12-13-24(32-2)21(16-18)27-26(31)28-22(17-19-8-4-3-5-9-19)25(30)29-15-14-20-10-6-7-11-23(20)29/h3-13,16,22H,14-15,17H2,1-2H3,(H2,27,28,31). The Kier molecular flexibility index (Phi) is 6.40. The highest BCUT2D eigenvalue weighted by atomic mass is 16.5. The fraction of sp³-hybridized carbons (Fsp3) is 0.231. The number of hydrogen-bond acceptors (Lipinski definition) is 3. The Labute approximate surface area is 188 Å². The number of rotatable bonds is 6. The minimum Gasteiger partial charge on any atom is -0.495 e. The number of ether oxygens (including phenoxy) is 1. The molecule has 1 aliphatic rings.